The van der Waals surface area contributed by atoms with Crippen molar-refractivity contribution in [1.82, 2.24) is 10.6 Å². The lowest BCUT2D eigenvalue weighted by atomic mass is 10.0. The average Bonchev–Trinajstić information content (AvgIpc) is 2.92. The predicted molar refractivity (Wildman–Crippen MR) is 133 cm³/mol. The molecule has 2 atom stereocenters. The van der Waals surface area contributed by atoms with E-state index in [1.54, 1.807) is 24.3 Å². The number of carbonyl (C=O) groups is 3. The topological polar surface area (TPSA) is 118 Å². The van der Waals surface area contributed by atoms with Gasteiger partial charge in [0.15, 0.2) is 0 Å². The summed E-state index contributed by atoms with van der Waals surface area (Å²) in [6.07, 6.45) is -0.407. The molecule has 0 aliphatic rings. The van der Waals surface area contributed by atoms with Crippen molar-refractivity contribution < 1.29 is 23.9 Å². The molecule has 0 aliphatic heterocycles. The van der Waals surface area contributed by atoms with Crippen LogP contribution in [-0.2, 0) is 38.5 Å². The lowest BCUT2D eigenvalue weighted by Gasteiger charge is -2.22. The number of ether oxygens (including phenoxy) is 2. The van der Waals surface area contributed by atoms with Gasteiger partial charge in [-0.25, -0.2) is 9.59 Å². The normalized spacial score (nSPS) is 11.9. The van der Waals surface area contributed by atoms with E-state index in [4.69, 9.17) is 14.7 Å². The van der Waals surface area contributed by atoms with Gasteiger partial charge in [-0.05, 0) is 28.8 Å². The van der Waals surface area contributed by atoms with Crippen LogP contribution in [-0.4, -0.2) is 37.2 Å². The Bertz CT molecular complexity index is 1190. The lowest BCUT2D eigenvalue weighted by molar-refractivity contribution is -0.145. The monoisotopic (exact) mass is 485 g/mol. The Kier molecular flexibility index (Phi) is 9.60. The third kappa shape index (κ3) is 7.99. The molecule has 8 heteroatoms. The Hall–Kier alpha value is -4.64. The third-order valence-electron chi connectivity index (χ3n) is 5.43. The molecule has 0 aliphatic carbocycles. The SMILES string of the molecule is COC(=O)[C@H](Cc1ccc(C#N)cc1)NC(=O)[C@H](Cc1ccccc1)NC(=O)OCc1ccccc1. The Morgan fingerprint density at radius 1 is 0.778 bits per heavy atom. The summed E-state index contributed by atoms with van der Waals surface area (Å²) in [5.41, 5.74) is 2.85. The van der Waals surface area contributed by atoms with Gasteiger partial charge in [0.2, 0.25) is 5.91 Å². The van der Waals surface area contributed by atoms with Crippen molar-refractivity contribution in [2.75, 3.05) is 7.11 Å². The summed E-state index contributed by atoms with van der Waals surface area (Å²) in [5.74, 6) is -1.18. The van der Waals surface area contributed by atoms with Crippen molar-refractivity contribution in [3.63, 3.8) is 0 Å². The van der Waals surface area contributed by atoms with Crippen molar-refractivity contribution in [3.8, 4) is 6.07 Å². The second-order valence-electron chi connectivity index (χ2n) is 8.05. The summed E-state index contributed by atoms with van der Waals surface area (Å²) >= 11 is 0. The fraction of sp³-hybridized carbons (Fsp3) is 0.214. The van der Waals surface area contributed by atoms with E-state index >= 15 is 0 Å². The zero-order valence-corrected chi connectivity index (χ0v) is 19.8. The summed E-state index contributed by atoms with van der Waals surface area (Å²) in [5, 5.41) is 14.3. The van der Waals surface area contributed by atoms with Crippen molar-refractivity contribution in [3.05, 3.63) is 107 Å². The van der Waals surface area contributed by atoms with Gasteiger partial charge < -0.3 is 20.1 Å². The molecule has 8 nitrogen and oxygen atoms in total. The van der Waals surface area contributed by atoms with Gasteiger partial charge in [-0.2, -0.15) is 5.26 Å². The minimum atomic E-state index is -0.996. The third-order valence-corrected chi connectivity index (χ3v) is 5.43. The zero-order chi connectivity index (χ0) is 25.8. The number of esters is 1. The van der Waals surface area contributed by atoms with E-state index in [0.29, 0.717) is 5.56 Å². The molecule has 0 fully saturated rings. The maximum absolute atomic E-state index is 13.2. The van der Waals surface area contributed by atoms with E-state index in [2.05, 4.69) is 10.6 Å². The van der Waals surface area contributed by atoms with E-state index in [1.807, 2.05) is 66.7 Å². The Morgan fingerprint density at radius 2 is 1.33 bits per heavy atom. The first-order valence-corrected chi connectivity index (χ1v) is 11.4. The summed E-state index contributed by atoms with van der Waals surface area (Å²) in [4.78, 5) is 38.2. The van der Waals surface area contributed by atoms with Gasteiger partial charge in [0.05, 0.1) is 18.7 Å². The Labute approximate surface area is 209 Å². The van der Waals surface area contributed by atoms with Gasteiger partial charge in [-0.1, -0.05) is 72.8 Å². The summed E-state index contributed by atoms with van der Waals surface area (Å²) in [6.45, 7) is 0.0514. The number of benzene rings is 3. The fourth-order valence-corrected chi connectivity index (χ4v) is 3.53. The van der Waals surface area contributed by atoms with Crippen molar-refractivity contribution in [2.24, 2.45) is 0 Å². The number of carbonyl (C=O) groups excluding carboxylic acids is 3. The first kappa shape index (κ1) is 26.0. The van der Waals surface area contributed by atoms with Gasteiger partial charge in [-0.3, -0.25) is 4.79 Å². The molecule has 184 valence electrons. The molecular formula is C28H27N3O5. The average molecular weight is 486 g/mol. The number of amides is 2. The second kappa shape index (κ2) is 13.3. The lowest BCUT2D eigenvalue weighted by Crippen LogP contribution is -2.53. The zero-order valence-electron chi connectivity index (χ0n) is 19.8. The Morgan fingerprint density at radius 3 is 1.92 bits per heavy atom. The van der Waals surface area contributed by atoms with Gasteiger partial charge in [-0.15, -0.1) is 0 Å². The molecule has 2 N–H and O–H groups in total. The van der Waals surface area contributed by atoms with E-state index in [9.17, 15) is 14.4 Å². The number of methoxy groups -OCH3 is 1. The van der Waals surface area contributed by atoms with Gasteiger partial charge in [0.25, 0.3) is 0 Å². The van der Waals surface area contributed by atoms with Crippen LogP contribution in [0.4, 0.5) is 4.79 Å². The summed E-state index contributed by atoms with van der Waals surface area (Å²) < 4.78 is 10.2. The highest BCUT2D eigenvalue weighted by Crippen LogP contribution is 2.10. The minimum absolute atomic E-state index is 0.0514. The maximum Gasteiger partial charge on any atom is 0.408 e. The predicted octanol–water partition coefficient (Wildman–Crippen LogP) is 3.30. The van der Waals surface area contributed by atoms with E-state index < -0.39 is 30.1 Å². The Balaban J connectivity index is 1.71. The van der Waals surface area contributed by atoms with Crippen LogP contribution in [0.1, 0.15) is 22.3 Å². The number of nitriles is 1. The molecule has 0 saturated heterocycles. The highest BCUT2D eigenvalue weighted by molar-refractivity contribution is 5.90. The molecule has 3 aromatic rings. The summed E-state index contributed by atoms with van der Waals surface area (Å²) in [7, 11) is 1.24. The second-order valence-corrected chi connectivity index (χ2v) is 8.05. The van der Waals surface area contributed by atoms with E-state index in [1.165, 1.54) is 7.11 Å². The van der Waals surface area contributed by atoms with Crippen LogP contribution in [0, 0.1) is 11.3 Å². The molecule has 0 unspecified atom stereocenters. The van der Waals surface area contributed by atoms with Crippen LogP contribution in [0.2, 0.25) is 0 Å². The number of hydrogen-bond donors (Lipinski definition) is 2. The number of rotatable bonds is 10. The highest BCUT2D eigenvalue weighted by Gasteiger charge is 2.28. The van der Waals surface area contributed by atoms with Gasteiger partial charge in [0.1, 0.15) is 18.7 Å². The molecule has 0 saturated carbocycles. The fourth-order valence-electron chi connectivity index (χ4n) is 3.53. The highest BCUT2D eigenvalue weighted by atomic mass is 16.5. The number of nitrogens with zero attached hydrogens (tertiary/aromatic N) is 1. The number of alkyl carbamates (subject to hydrolysis) is 1. The molecule has 0 spiro atoms. The van der Waals surface area contributed by atoms with Crippen molar-refractivity contribution in [1.29, 1.82) is 5.26 Å². The first-order chi connectivity index (χ1) is 17.5. The number of nitrogens with one attached hydrogen (secondary N) is 2. The molecule has 0 aromatic heterocycles. The van der Waals surface area contributed by atoms with Gasteiger partial charge >= 0.3 is 12.1 Å². The largest absolute Gasteiger partial charge is 0.467 e. The molecule has 0 radical (unpaired) electrons. The standard InChI is InChI=1S/C28H27N3O5/c1-35-27(33)25(17-21-12-14-22(18-29)15-13-21)30-26(32)24(16-20-8-4-2-5-9-20)31-28(34)36-19-23-10-6-3-7-11-23/h2-15,24-25H,16-17,19H2,1H3,(H,30,32)(H,31,34)/t24-,25-/m0/s1. The molecule has 3 rings (SSSR count). The van der Waals surface area contributed by atoms with E-state index in [-0.39, 0.29) is 19.4 Å². The van der Waals surface area contributed by atoms with Crippen molar-refractivity contribution >= 4 is 18.0 Å². The van der Waals surface area contributed by atoms with Crippen LogP contribution in [0.3, 0.4) is 0 Å². The van der Waals surface area contributed by atoms with E-state index in [0.717, 1.165) is 16.7 Å². The summed E-state index contributed by atoms with van der Waals surface area (Å²) in [6, 6.07) is 25.1. The van der Waals surface area contributed by atoms with Gasteiger partial charge in [0, 0.05) is 12.8 Å². The molecule has 0 bridgehead atoms. The maximum atomic E-state index is 13.2. The van der Waals surface area contributed by atoms with Crippen LogP contribution >= 0.6 is 0 Å². The smallest absolute Gasteiger partial charge is 0.408 e. The first-order valence-electron chi connectivity index (χ1n) is 11.4. The minimum Gasteiger partial charge on any atom is -0.467 e. The molecule has 36 heavy (non-hydrogen) atoms. The van der Waals surface area contributed by atoms with Crippen LogP contribution in [0.15, 0.2) is 84.9 Å². The van der Waals surface area contributed by atoms with Crippen molar-refractivity contribution in [2.45, 2.75) is 31.5 Å². The number of hydrogen-bond acceptors (Lipinski definition) is 6. The molecule has 3 aromatic carbocycles. The molecule has 2 amide bonds. The van der Waals surface area contributed by atoms with Crippen LogP contribution in [0.25, 0.3) is 0 Å². The van der Waals surface area contributed by atoms with Crippen LogP contribution in [0.5, 0.6) is 0 Å². The molecule has 0 heterocycles. The molecular weight excluding hydrogens is 458 g/mol. The quantitative estimate of drug-likeness (QED) is 0.426. The van der Waals surface area contributed by atoms with Crippen LogP contribution < -0.4 is 10.6 Å².